The van der Waals surface area contributed by atoms with Gasteiger partial charge in [0.2, 0.25) is 24.4 Å². The van der Waals surface area contributed by atoms with E-state index in [9.17, 15) is 4.79 Å². The number of piperidine rings is 1. The molecule has 8 nitrogen and oxygen atoms in total. The average Bonchev–Trinajstić information content (AvgIpc) is 3.47. The minimum Gasteiger partial charge on any atom is -0.454 e. The summed E-state index contributed by atoms with van der Waals surface area (Å²) in [4.78, 5) is 19.3. The molecule has 0 radical (unpaired) electrons. The first-order valence-electron chi connectivity index (χ1n) is 10.6. The lowest BCUT2D eigenvalue weighted by atomic mass is 9.96. The molecule has 2 aromatic carbocycles. The van der Waals surface area contributed by atoms with Crippen LogP contribution in [-0.4, -0.2) is 40.8 Å². The number of nitrogens with one attached hydrogen (secondary N) is 1. The van der Waals surface area contributed by atoms with Crippen LogP contribution in [0.2, 0.25) is 5.02 Å². The highest BCUT2D eigenvalue weighted by Crippen LogP contribution is 2.32. The Bertz CT molecular complexity index is 1110. The van der Waals surface area contributed by atoms with Crippen LogP contribution in [0.1, 0.15) is 24.3 Å². The first-order valence-corrected chi connectivity index (χ1v) is 11.0. The van der Waals surface area contributed by atoms with Crippen molar-refractivity contribution in [2.45, 2.75) is 25.9 Å². The number of halogens is 1. The maximum absolute atomic E-state index is 12.6. The Hall–Kier alpha value is -3.10. The molecule has 1 aromatic heterocycles. The molecule has 0 spiro atoms. The van der Waals surface area contributed by atoms with E-state index in [4.69, 9.17) is 25.6 Å². The summed E-state index contributed by atoms with van der Waals surface area (Å²) in [6, 6.07) is 13.1. The number of aromatic nitrogens is 2. The van der Waals surface area contributed by atoms with Crippen LogP contribution in [0.5, 0.6) is 11.5 Å². The minimum absolute atomic E-state index is 0.00460. The number of benzene rings is 2. The number of rotatable bonds is 6. The number of hydrogen-bond acceptors (Lipinski definition) is 7. The fourth-order valence-corrected chi connectivity index (χ4v) is 4.18. The highest BCUT2D eigenvalue weighted by Gasteiger charge is 2.26. The van der Waals surface area contributed by atoms with E-state index in [0.717, 1.165) is 48.6 Å². The van der Waals surface area contributed by atoms with Gasteiger partial charge in [0.1, 0.15) is 0 Å². The van der Waals surface area contributed by atoms with Crippen molar-refractivity contribution in [3.63, 3.8) is 0 Å². The molecular weight excluding hydrogens is 432 g/mol. The summed E-state index contributed by atoms with van der Waals surface area (Å²) in [5.41, 5.74) is 1.82. The highest BCUT2D eigenvalue weighted by atomic mass is 35.5. The number of likely N-dealkylation sites (tertiary alicyclic amines) is 1. The molecule has 0 aliphatic carbocycles. The number of nitrogens with zero attached hydrogens (tertiary/aromatic N) is 3. The predicted octanol–water partition coefficient (Wildman–Crippen LogP) is 3.65. The summed E-state index contributed by atoms with van der Waals surface area (Å²) < 4.78 is 16.1. The van der Waals surface area contributed by atoms with Gasteiger partial charge in [0, 0.05) is 23.0 Å². The number of carbonyl (C=O) groups is 1. The van der Waals surface area contributed by atoms with Crippen molar-refractivity contribution in [3.05, 3.63) is 58.9 Å². The van der Waals surface area contributed by atoms with E-state index in [1.165, 1.54) is 0 Å². The van der Waals surface area contributed by atoms with E-state index in [0.29, 0.717) is 29.8 Å². The largest absolute Gasteiger partial charge is 0.454 e. The van der Waals surface area contributed by atoms with Crippen LogP contribution in [0.4, 0.5) is 0 Å². The van der Waals surface area contributed by atoms with Crippen LogP contribution in [0, 0.1) is 5.92 Å². The van der Waals surface area contributed by atoms with Crippen molar-refractivity contribution in [1.29, 1.82) is 0 Å². The smallest absolute Gasteiger partial charge is 0.241 e. The highest BCUT2D eigenvalue weighted by molar-refractivity contribution is 6.30. The van der Waals surface area contributed by atoms with Crippen molar-refractivity contribution in [2.75, 3.05) is 19.9 Å². The zero-order valence-electron chi connectivity index (χ0n) is 17.4. The Labute approximate surface area is 190 Å². The Morgan fingerprint density at radius 3 is 2.81 bits per heavy atom. The molecule has 32 heavy (non-hydrogen) atoms. The van der Waals surface area contributed by atoms with Gasteiger partial charge in [-0.05, 0) is 55.8 Å². The van der Waals surface area contributed by atoms with E-state index < -0.39 is 0 Å². The van der Waals surface area contributed by atoms with Gasteiger partial charge in [0.25, 0.3) is 0 Å². The second kappa shape index (κ2) is 9.18. The van der Waals surface area contributed by atoms with Gasteiger partial charge in [-0.1, -0.05) is 35.0 Å². The second-order valence-corrected chi connectivity index (χ2v) is 8.41. The molecule has 1 saturated heterocycles. The molecule has 0 bridgehead atoms. The molecule has 0 unspecified atom stereocenters. The molecule has 3 heterocycles. The SMILES string of the molecule is O=C(NCc1ccc2c(c1)OCO2)C1CCN(Cc2nc(-c3cccc(Cl)c3)no2)CC1. The van der Waals surface area contributed by atoms with Crippen molar-refractivity contribution in [3.8, 4) is 22.9 Å². The maximum atomic E-state index is 12.6. The molecule has 2 aliphatic rings. The molecule has 1 N–H and O–H groups in total. The lowest BCUT2D eigenvalue weighted by Gasteiger charge is -2.30. The Balaban J connectivity index is 1.09. The second-order valence-electron chi connectivity index (χ2n) is 7.98. The van der Waals surface area contributed by atoms with E-state index in [1.807, 2.05) is 42.5 Å². The van der Waals surface area contributed by atoms with Gasteiger partial charge in [-0.25, -0.2) is 0 Å². The average molecular weight is 455 g/mol. The van der Waals surface area contributed by atoms with Crippen LogP contribution in [0.25, 0.3) is 11.4 Å². The Morgan fingerprint density at radius 2 is 1.97 bits per heavy atom. The molecular formula is C23H23ClN4O4. The predicted molar refractivity (Wildman–Crippen MR) is 117 cm³/mol. The lowest BCUT2D eigenvalue weighted by molar-refractivity contribution is -0.126. The fourth-order valence-electron chi connectivity index (χ4n) is 3.99. The Morgan fingerprint density at radius 1 is 1.12 bits per heavy atom. The van der Waals surface area contributed by atoms with Crippen molar-refractivity contribution >= 4 is 17.5 Å². The molecule has 166 valence electrons. The zero-order valence-corrected chi connectivity index (χ0v) is 18.2. The van der Waals surface area contributed by atoms with E-state index in [1.54, 1.807) is 0 Å². The molecule has 0 saturated carbocycles. The van der Waals surface area contributed by atoms with Crippen LogP contribution in [0.3, 0.4) is 0 Å². The standard InChI is InChI=1S/C23H23ClN4O4/c24-18-3-1-2-17(11-18)22-26-21(32-27-22)13-28-8-6-16(7-9-28)23(29)25-12-15-4-5-19-20(10-15)31-14-30-19/h1-5,10-11,16H,6-9,12-14H2,(H,25,29). The molecule has 1 amide bonds. The minimum atomic E-state index is 0.00460. The molecule has 0 atom stereocenters. The number of fused-ring (bicyclic) bond motifs is 1. The van der Waals surface area contributed by atoms with Crippen LogP contribution >= 0.6 is 11.6 Å². The van der Waals surface area contributed by atoms with Crippen molar-refractivity contribution < 1.29 is 18.8 Å². The first-order chi connectivity index (χ1) is 15.6. The maximum Gasteiger partial charge on any atom is 0.241 e. The third-order valence-electron chi connectivity index (χ3n) is 5.77. The van der Waals surface area contributed by atoms with Gasteiger partial charge >= 0.3 is 0 Å². The van der Waals surface area contributed by atoms with Gasteiger partial charge in [-0.2, -0.15) is 4.98 Å². The van der Waals surface area contributed by atoms with Gasteiger partial charge in [0.05, 0.1) is 6.54 Å². The van der Waals surface area contributed by atoms with Gasteiger partial charge in [-0.3, -0.25) is 9.69 Å². The third kappa shape index (κ3) is 4.71. The summed E-state index contributed by atoms with van der Waals surface area (Å²) in [7, 11) is 0. The van der Waals surface area contributed by atoms with Gasteiger partial charge in [0.15, 0.2) is 11.5 Å². The third-order valence-corrected chi connectivity index (χ3v) is 6.01. The van der Waals surface area contributed by atoms with E-state index in [-0.39, 0.29) is 18.6 Å². The number of ether oxygens (including phenoxy) is 2. The van der Waals surface area contributed by atoms with Crippen molar-refractivity contribution in [1.82, 2.24) is 20.4 Å². The number of carbonyl (C=O) groups excluding carboxylic acids is 1. The summed E-state index contributed by atoms with van der Waals surface area (Å²) in [6.07, 6.45) is 1.59. The Kier molecular flexibility index (Phi) is 5.96. The molecule has 1 fully saturated rings. The summed E-state index contributed by atoms with van der Waals surface area (Å²) in [5.74, 6) is 2.65. The number of amides is 1. The topological polar surface area (TPSA) is 89.7 Å². The van der Waals surface area contributed by atoms with Gasteiger partial charge < -0.3 is 19.3 Å². The first kappa shape index (κ1) is 20.8. The molecule has 3 aromatic rings. The quantitative estimate of drug-likeness (QED) is 0.608. The molecule has 9 heteroatoms. The van der Waals surface area contributed by atoms with Crippen LogP contribution in [-0.2, 0) is 17.9 Å². The number of hydrogen-bond donors (Lipinski definition) is 1. The summed E-state index contributed by atoms with van der Waals surface area (Å²) >= 11 is 6.04. The fraction of sp³-hybridized carbons (Fsp3) is 0.348. The van der Waals surface area contributed by atoms with Crippen LogP contribution < -0.4 is 14.8 Å². The van der Waals surface area contributed by atoms with E-state index in [2.05, 4.69) is 20.4 Å². The zero-order chi connectivity index (χ0) is 21.9. The lowest BCUT2D eigenvalue weighted by Crippen LogP contribution is -2.40. The monoisotopic (exact) mass is 454 g/mol. The summed E-state index contributed by atoms with van der Waals surface area (Å²) in [5, 5.41) is 7.74. The van der Waals surface area contributed by atoms with Crippen LogP contribution in [0.15, 0.2) is 47.0 Å². The molecule has 2 aliphatic heterocycles. The van der Waals surface area contributed by atoms with Gasteiger partial charge in [-0.15, -0.1) is 0 Å². The molecule has 5 rings (SSSR count). The van der Waals surface area contributed by atoms with Crippen molar-refractivity contribution in [2.24, 2.45) is 5.92 Å². The summed E-state index contributed by atoms with van der Waals surface area (Å²) in [6.45, 7) is 2.90. The van der Waals surface area contributed by atoms with E-state index >= 15 is 0 Å². The normalized spacial score (nSPS) is 16.3.